The zero-order valence-electron chi connectivity index (χ0n) is 17.5. The highest BCUT2D eigenvalue weighted by atomic mass is 16.5. The third-order valence-corrected chi connectivity index (χ3v) is 5.27. The summed E-state index contributed by atoms with van der Waals surface area (Å²) in [7, 11) is 0. The molecular formula is C27H26N2O2. The molecule has 156 valence electrons. The van der Waals surface area contributed by atoms with Crippen molar-refractivity contribution >= 4 is 11.4 Å². The van der Waals surface area contributed by atoms with E-state index in [1.807, 2.05) is 72.8 Å². The molecule has 0 heterocycles. The summed E-state index contributed by atoms with van der Waals surface area (Å²) in [6, 6.07) is 31.4. The third-order valence-electron chi connectivity index (χ3n) is 5.27. The lowest BCUT2D eigenvalue weighted by Crippen LogP contribution is -2.00. The van der Waals surface area contributed by atoms with Crippen LogP contribution >= 0.6 is 0 Å². The lowest BCUT2D eigenvalue weighted by Gasteiger charge is -2.17. The van der Waals surface area contributed by atoms with Gasteiger partial charge in [-0.25, -0.2) is 0 Å². The van der Waals surface area contributed by atoms with Crippen LogP contribution in [0.5, 0.6) is 23.0 Å². The van der Waals surface area contributed by atoms with Crippen molar-refractivity contribution in [1.82, 2.24) is 0 Å². The van der Waals surface area contributed by atoms with Crippen molar-refractivity contribution in [2.75, 3.05) is 11.5 Å². The van der Waals surface area contributed by atoms with E-state index in [1.165, 1.54) is 11.1 Å². The molecule has 4 heteroatoms. The molecule has 0 bridgehead atoms. The Morgan fingerprint density at radius 1 is 0.581 bits per heavy atom. The summed E-state index contributed by atoms with van der Waals surface area (Å²) >= 11 is 0. The Labute approximate surface area is 183 Å². The molecule has 0 fully saturated rings. The maximum absolute atomic E-state index is 5.97. The van der Waals surface area contributed by atoms with Gasteiger partial charge >= 0.3 is 0 Å². The number of anilines is 2. The number of benzene rings is 4. The van der Waals surface area contributed by atoms with Crippen LogP contribution in [0.2, 0.25) is 0 Å². The second kappa shape index (κ2) is 9.26. The fourth-order valence-corrected chi connectivity index (χ4v) is 3.60. The van der Waals surface area contributed by atoms with Crippen LogP contribution in [0, 0.1) is 0 Å². The van der Waals surface area contributed by atoms with Crippen molar-refractivity contribution in [1.29, 1.82) is 0 Å². The van der Waals surface area contributed by atoms with Crippen molar-refractivity contribution in [3.63, 3.8) is 0 Å². The van der Waals surface area contributed by atoms with E-state index in [1.54, 1.807) is 0 Å². The Kier molecular flexibility index (Phi) is 6.08. The van der Waals surface area contributed by atoms with Crippen LogP contribution in [0.3, 0.4) is 0 Å². The summed E-state index contributed by atoms with van der Waals surface area (Å²) in [4.78, 5) is 0. The molecule has 0 aliphatic carbocycles. The summed E-state index contributed by atoms with van der Waals surface area (Å²) in [5.41, 5.74) is 15.7. The molecule has 0 spiro atoms. The minimum Gasteiger partial charge on any atom is -0.455 e. The quantitative estimate of drug-likeness (QED) is 0.323. The highest BCUT2D eigenvalue weighted by Crippen LogP contribution is 2.33. The largest absolute Gasteiger partial charge is 0.455 e. The molecule has 0 radical (unpaired) electrons. The zero-order valence-corrected chi connectivity index (χ0v) is 17.5. The van der Waals surface area contributed by atoms with E-state index < -0.39 is 0 Å². The van der Waals surface area contributed by atoms with Gasteiger partial charge in [-0.3, -0.25) is 0 Å². The molecule has 4 rings (SSSR count). The Balaban J connectivity index is 1.48. The number of rotatable bonds is 7. The van der Waals surface area contributed by atoms with Crippen LogP contribution in [0.25, 0.3) is 0 Å². The molecule has 4 aromatic rings. The summed E-state index contributed by atoms with van der Waals surface area (Å²) in [5.74, 6) is 3.14. The second-order valence-electron chi connectivity index (χ2n) is 7.38. The van der Waals surface area contributed by atoms with Gasteiger partial charge in [0, 0.05) is 5.92 Å². The minimum absolute atomic E-state index is 0.284. The highest BCUT2D eigenvalue weighted by molar-refractivity contribution is 5.54. The number of ether oxygens (including phenoxy) is 2. The molecule has 4 N–H and O–H groups in total. The lowest BCUT2D eigenvalue weighted by molar-refractivity contribution is 0.484. The fourth-order valence-electron chi connectivity index (χ4n) is 3.60. The van der Waals surface area contributed by atoms with Crippen molar-refractivity contribution in [3.8, 4) is 23.0 Å². The molecule has 0 aromatic heterocycles. The first-order valence-electron chi connectivity index (χ1n) is 10.4. The molecule has 0 atom stereocenters. The topological polar surface area (TPSA) is 70.5 Å². The van der Waals surface area contributed by atoms with Crippen LogP contribution in [-0.4, -0.2) is 0 Å². The van der Waals surface area contributed by atoms with Crippen LogP contribution < -0.4 is 20.9 Å². The van der Waals surface area contributed by atoms with Gasteiger partial charge < -0.3 is 20.9 Å². The molecule has 0 aliphatic heterocycles. The van der Waals surface area contributed by atoms with Gasteiger partial charge in [0.1, 0.15) is 23.0 Å². The van der Waals surface area contributed by atoms with Crippen molar-refractivity contribution < 1.29 is 9.47 Å². The molecule has 0 saturated carbocycles. The minimum atomic E-state index is 0.284. The van der Waals surface area contributed by atoms with E-state index in [9.17, 15) is 0 Å². The van der Waals surface area contributed by atoms with Gasteiger partial charge in [0.25, 0.3) is 0 Å². The van der Waals surface area contributed by atoms with E-state index >= 15 is 0 Å². The van der Waals surface area contributed by atoms with Crippen molar-refractivity contribution in [3.05, 3.63) is 108 Å². The average molecular weight is 411 g/mol. The van der Waals surface area contributed by atoms with Gasteiger partial charge in [0.2, 0.25) is 0 Å². The van der Waals surface area contributed by atoms with E-state index in [0.29, 0.717) is 22.9 Å². The highest BCUT2D eigenvalue weighted by Gasteiger charge is 2.13. The molecule has 4 nitrogen and oxygen atoms in total. The van der Waals surface area contributed by atoms with E-state index in [-0.39, 0.29) is 5.92 Å². The van der Waals surface area contributed by atoms with Gasteiger partial charge in [0.05, 0.1) is 11.4 Å². The van der Waals surface area contributed by atoms with E-state index in [2.05, 4.69) is 31.2 Å². The van der Waals surface area contributed by atoms with Crippen LogP contribution in [0.15, 0.2) is 97.1 Å². The molecule has 0 aliphatic rings. The maximum Gasteiger partial charge on any atom is 0.150 e. The van der Waals surface area contributed by atoms with Crippen LogP contribution in [0.4, 0.5) is 11.4 Å². The summed E-state index contributed by atoms with van der Waals surface area (Å²) in [6.45, 7) is 2.19. The standard InChI is InChI=1S/C27H26N2O2/c1-2-23(19-11-15-21(16-12-19)30-26-9-5-3-7-24(26)28)20-13-17-22(18-14-20)31-27-10-6-4-8-25(27)29/h3-18,23H,2,28-29H2,1H3. The smallest absolute Gasteiger partial charge is 0.150 e. The SMILES string of the molecule is CCC(c1ccc(Oc2ccccc2N)cc1)c1ccc(Oc2ccccc2N)cc1. The second-order valence-corrected chi connectivity index (χ2v) is 7.38. The molecule has 31 heavy (non-hydrogen) atoms. The lowest BCUT2D eigenvalue weighted by atomic mass is 9.89. The first-order chi connectivity index (χ1) is 15.1. The number of nitrogens with two attached hydrogens (primary N) is 2. The number of nitrogen functional groups attached to an aromatic ring is 2. The number of hydrogen-bond acceptors (Lipinski definition) is 4. The van der Waals surface area contributed by atoms with E-state index in [4.69, 9.17) is 20.9 Å². The predicted octanol–water partition coefficient (Wildman–Crippen LogP) is 6.98. The predicted molar refractivity (Wildman–Crippen MR) is 127 cm³/mol. The third kappa shape index (κ3) is 4.81. The molecule has 0 unspecified atom stereocenters. The van der Waals surface area contributed by atoms with Gasteiger partial charge in [-0.2, -0.15) is 0 Å². The van der Waals surface area contributed by atoms with Crippen molar-refractivity contribution in [2.45, 2.75) is 19.3 Å². The Morgan fingerprint density at radius 3 is 1.32 bits per heavy atom. The Hall–Kier alpha value is -3.92. The Bertz CT molecular complexity index is 1050. The first-order valence-corrected chi connectivity index (χ1v) is 10.4. The van der Waals surface area contributed by atoms with Gasteiger partial charge in [-0.15, -0.1) is 0 Å². The maximum atomic E-state index is 5.97. The van der Waals surface area contributed by atoms with Gasteiger partial charge in [-0.1, -0.05) is 55.5 Å². The van der Waals surface area contributed by atoms with Crippen molar-refractivity contribution in [2.24, 2.45) is 0 Å². The number of hydrogen-bond donors (Lipinski definition) is 2. The molecule has 0 amide bonds. The zero-order chi connectivity index (χ0) is 21.6. The molecular weight excluding hydrogens is 384 g/mol. The summed E-state index contributed by atoms with van der Waals surface area (Å²) < 4.78 is 11.8. The number of para-hydroxylation sites is 4. The van der Waals surface area contributed by atoms with Crippen LogP contribution in [-0.2, 0) is 0 Å². The summed E-state index contributed by atoms with van der Waals surface area (Å²) in [5, 5.41) is 0. The van der Waals surface area contributed by atoms with Crippen LogP contribution in [0.1, 0.15) is 30.4 Å². The first kappa shape index (κ1) is 20.4. The molecule has 4 aromatic carbocycles. The van der Waals surface area contributed by atoms with Gasteiger partial charge in [-0.05, 0) is 66.1 Å². The molecule has 0 saturated heterocycles. The van der Waals surface area contributed by atoms with E-state index in [0.717, 1.165) is 17.9 Å². The van der Waals surface area contributed by atoms with Gasteiger partial charge in [0.15, 0.2) is 0 Å². The average Bonchev–Trinajstić information content (AvgIpc) is 2.80. The monoisotopic (exact) mass is 410 g/mol. The fraction of sp³-hybridized carbons (Fsp3) is 0.111. The normalized spacial score (nSPS) is 10.8. The Morgan fingerprint density at radius 2 is 0.968 bits per heavy atom. The summed E-state index contributed by atoms with van der Waals surface area (Å²) in [6.07, 6.45) is 0.984.